The molecule has 1 atom stereocenters. The van der Waals surface area contributed by atoms with Crippen LogP contribution in [0.2, 0.25) is 5.02 Å². The Morgan fingerprint density at radius 3 is 2.34 bits per heavy atom. The van der Waals surface area contributed by atoms with Gasteiger partial charge in [0, 0.05) is 10.6 Å². The standard InChI is InChI=1S/C27H26ClN5O5/c1-13-6-9-18(38-13)24(27(2,3)4)32-21-20(22(34)23(21)35)31-17-8-7-16(28)15-12-33(25(36)19(15)17)26-29-10-14(37-5)11-30-26/h6-11,24,31-32H,12H2,1-5H3/t24-/m0/s1. The molecule has 0 saturated carbocycles. The van der Waals surface area contributed by atoms with Crippen LogP contribution in [0, 0.1) is 12.3 Å². The number of benzene rings is 1. The van der Waals surface area contributed by atoms with Gasteiger partial charge in [0.1, 0.15) is 22.9 Å². The second-order valence-electron chi connectivity index (χ2n) is 10.2. The maximum Gasteiger partial charge on any atom is 0.263 e. The van der Waals surface area contributed by atoms with Crippen molar-refractivity contribution in [1.82, 2.24) is 9.97 Å². The molecule has 2 aromatic heterocycles. The van der Waals surface area contributed by atoms with E-state index in [9.17, 15) is 14.4 Å². The zero-order valence-corrected chi connectivity index (χ0v) is 22.3. The molecule has 3 heterocycles. The highest BCUT2D eigenvalue weighted by atomic mass is 35.5. The minimum atomic E-state index is -0.680. The van der Waals surface area contributed by atoms with Crippen molar-refractivity contribution in [3.63, 3.8) is 0 Å². The van der Waals surface area contributed by atoms with Crippen molar-refractivity contribution in [2.45, 2.75) is 40.3 Å². The Morgan fingerprint density at radius 2 is 1.74 bits per heavy atom. The predicted molar refractivity (Wildman–Crippen MR) is 144 cm³/mol. The Labute approximate surface area is 223 Å². The van der Waals surface area contributed by atoms with E-state index in [-0.39, 0.29) is 46.8 Å². The first-order valence-corrected chi connectivity index (χ1v) is 12.3. The van der Waals surface area contributed by atoms with Crippen LogP contribution in [-0.2, 0) is 6.54 Å². The molecule has 2 N–H and O–H groups in total. The maximum atomic E-state index is 13.5. The summed E-state index contributed by atoms with van der Waals surface area (Å²) in [7, 11) is 1.50. The van der Waals surface area contributed by atoms with Gasteiger partial charge in [-0.1, -0.05) is 32.4 Å². The second-order valence-corrected chi connectivity index (χ2v) is 10.6. The van der Waals surface area contributed by atoms with Crippen molar-refractivity contribution in [2.75, 3.05) is 22.6 Å². The van der Waals surface area contributed by atoms with Crippen molar-refractivity contribution < 1.29 is 13.9 Å². The van der Waals surface area contributed by atoms with E-state index in [2.05, 4.69) is 20.6 Å². The summed E-state index contributed by atoms with van der Waals surface area (Å²) in [6.45, 7) is 7.99. The van der Waals surface area contributed by atoms with Gasteiger partial charge in [0.05, 0.1) is 43.3 Å². The maximum absolute atomic E-state index is 13.5. The molecule has 0 bridgehead atoms. The number of aryl methyl sites for hydroxylation is 1. The summed E-state index contributed by atoms with van der Waals surface area (Å²) < 4.78 is 10.9. The molecule has 0 saturated heterocycles. The fraction of sp³-hybridized carbons (Fsp3) is 0.296. The first-order chi connectivity index (χ1) is 18.0. The molecule has 2 aromatic carbocycles. The largest absolute Gasteiger partial charge is 0.494 e. The van der Waals surface area contributed by atoms with Crippen LogP contribution in [0.5, 0.6) is 5.75 Å². The van der Waals surface area contributed by atoms with Gasteiger partial charge in [-0.25, -0.2) is 9.97 Å². The van der Waals surface area contributed by atoms with Gasteiger partial charge in [0.2, 0.25) is 5.95 Å². The van der Waals surface area contributed by atoms with Crippen LogP contribution in [0.25, 0.3) is 0 Å². The van der Waals surface area contributed by atoms with Gasteiger partial charge in [-0.05, 0) is 36.6 Å². The SMILES string of the molecule is COc1cnc(N2Cc3c(Cl)ccc(Nc4c(N[C@@H](c5ccc(C)o5)C(C)(C)C)c(=O)c4=O)c3C2=O)nc1. The number of carbonyl (C=O) groups is 1. The number of halogens is 1. The molecule has 1 amide bonds. The van der Waals surface area contributed by atoms with E-state index in [1.165, 1.54) is 24.4 Å². The number of aromatic nitrogens is 2. The van der Waals surface area contributed by atoms with Gasteiger partial charge >= 0.3 is 0 Å². The smallest absolute Gasteiger partial charge is 0.263 e. The Morgan fingerprint density at radius 1 is 1.05 bits per heavy atom. The highest BCUT2D eigenvalue weighted by Crippen LogP contribution is 2.40. The number of furan rings is 1. The molecule has 0 spiro atoms. The fourth-order valence-corrected chi connectivity index (χ4v) is 4.67. The summed E-state index contributed by atoms with van der Waals surface area (Å²) in [5.74, 6) is 1.64. The number of amides is 1. The molecule has 196 valence electrons. The Balaban J connectivity index is 1.48. The summed E-state index contributed by atoms with van der Waals surface area (Å²) >= 11 is 6.44. The molecule has 0 aliphatic carbocycles. The summed E-state index contributed by atoms with van der Waals surface area (Å²) in [4.78, 5) is 48.6. The molecule has 1 aliphatic heterocycles. The zero-order valence-electron chi connectivity index (χ0n) is 21.5. The van der Waals surface area contributed by atoms with Gasteiger partial charge in [0.15, 0.2) is 5.75 Å². The molecule has 1 aliphatic rings. The first-order valence-electron chi connectivity index (χ1n) is 11.9. The van der Waals surface area contributed by atoms with E-state index in [1.54, 1.807) is 12.1 Å². The third kappa shape index (κ3) is 4.30. The molecule has 10 nitrogen and oxygen atoms in total. The number of methoxy groups -OCH3 is 1. The molecule has 4 aromatic rings. The average molecular weight is 536 g/mol. The number of ether oxygens (including phenoxy) is 1. The lowest BCUT2D eigenvalue weighted by Gasteiger charge is -2.31. The van der Waals surface area contributed by atoms with Crippen molar-refractivity contribution in [2.24, 2.45) is 5.41 Å². The summed E-state index contributed by atoms with van der Waals surface area (Å²) in [5, 5.41) is 6.62. The number of rotatable bonds is 7. The molecule has 0 radical (unpaired) electrons. The number of nitrogens with one attached hydrogen (secondary N) is 2. The Kier molecular flexibility index (Phi) is 6.22. The molecule has 0 unspecified atom stereocenters. The van der Waals surface area contributed by atoms with Gasteiger partial charge in [-0.15, -0.1) is 0 Å². The minimum absolute atomic E-state index is 0.0731. The van der Waals surface area contributed by atoms with Crippen molar-refractivity contribution in [3.05, 3.63) is 84.8 Å². The van der Waals surface area contributed by atoms with Crippen molar-refractivity contribution >= 4 is 40.5 Å². The number of nitrogens with zero attached hydrogens (tertiary/aromatic N) is 3. The van der Waals surface area contributed by atoms with Gasteiger partial charge in [-0.3, -0.25) is 19.3 Å². The van der Waals surface area contributed by atoms with E-state index in [4.69, 9.17) is 20.8 Å². The predicted octanol–water partition coefficient (Wildman–Crippen LogP) is 4.74. The highest BCUT2D eigenvalue weighted by Gasteiger charge is 2.36. The highest BCUT2D eigenvalue weighted by molar-refractivity contribution is 6.33. The molecule has 11 heteroatoms. The van der Waals surface area contributed by atoms with E-state index in [0.717, 1.165) is 5.76 Å². The van der Waals surface area contributed by atoms with Crippen LogP contribution in [-0.4, -0.2) is 23.0 Å². The monoisotopic (exact) mass is 535 g/mol. The van der Waals surface area contributed by atoms with Crippen LogP contribution >= 0.6 is 11.6 Å². The number of anilines is 4. The van der Waals surface area contributed by atoms with Crippen LogP contribution in [0.3, 0.4) is 0 Å². The quantitative estimate of drug-likeness (QED) is 0.322. The summed E-state index contributed by atoms with van der Waals surface area (Å²) in [6, 6.07) is 6.54. The van der Waals surface area contributed by atoms with Crippen LogP contribution in [0.15, 0.2) is 50.7 Å². The lowest BCUT2D eigenvalue weighted by molar-refractivity contribution is 0.0995. The lowest BCUT2D eigenvalue weighted by atomic mass is 9.85. The Hall–Kier alpha value is -4.18. The Bertz CT molecular complexity index is 1610. The van der Waals surface area contributed by atoms with E-state index < -0.39 is 10.9 Å². The second kappa shape index (κ2) is 9.29. The number of carbonyl (C=O) groups excluding carboxylic acids is 1. The topological polar surface area (TPSA) is 127 Å². The van der Waals surface area contributed by atoms with E-state index in [1.807, 2.05) is 39.8 Å². The number of hydrogen-bond acceptors (Lipinski definition) is 9. The van der Waals surface area contributed by atoms with Gasteiger partial charge in [0.25, 0.3) is 16.8 Å². The minimum Gasteiger partial charge on any atom is -0.494 e. The molecule has 38 heavy (non-hydrogen) atoms. The van der Waals surface area contributed by atoms with E-state index in [0.29, 0.717) is 27.8 Å². The summed E-state index contributed by atoms with van der Waals surface area (Å²) in [5.41, 5.74) is -0.273. The third-order valence-corrected chi connectivity index (χ3v) is 6.85. The third-order valence-electron chi connectivity index (χ3n) is 6.49. The molecular weight excluding hydrogens is 510 g/mol. The van der Waals surface area contributed by atoms with Gasteiger partial charge in [-0.2, -0.15) is 0 Å². The molecule has 5 rings (SSSR count). The van der Waals surface area contributed by atoms with Crippen LogP contribution in [0.1, 0.15) is 54.3 Å². The van der Waals surface area contributed by atoms with Crippen LogP contribution in [0.4, 0.5) is 23.0 Å². The lowest BCUT2D eigenvalue weighted by Crippen LogP contribution is -2.39. The van der Waals surface area contributed by atoms with Crippen molar-refractivity contribution in [1.29, 1.82) is 0 Å². The molecule has 0 fully saturated rings. The fourth-order valence-electron chi connectivity index (χ4n) is 4.46. The van der Waals surface area contributed by atoms with Crippen LogP contribution < -0.4 is 31.1 Å². The number of hydrogen-bond donors (Lipinski definition) is 2. The van der Waals surface area contributed by atoms with Gasteiger partial charge < -0.3 is 19.8 Å². The molecular formula is C27H26ClN5O5. The number of fused-ring (bicyclic) bond motifs is 1. The van der Waals surface area contributed by atoms with Crippen molar-refractivity contribution in [3.8, 4) is 5.75 Å². The normalized spacial score (nSPS) is 14.1. The zero-order chi connectivity index (χ0) is 27.4. The average Bonchev–Trinajstić information content (AvgIpc) is 3.47. The first kappa shape index (κ1) is 25.5. The van der Waals surface area contributed by atoms with E-state index >= 15 is 0 Å². The summed E-state index contributed by atoms with van der Waals surface area (Å²) in [6.07, 6.45) is 2.93.